The molecule has 0 atom stereocenters. The van der Waals surface area contributed by atoms with Gasteiger partial charge < -0.3 is 122 Å². The zero-order chi connectivity index (χ0) is 16.3. The fourth-order valence-electron chi connectivity index (χ4n) is 0. The first-order valence-electron chi connectivity index (χ1n) is 3.29. The van der Waals surface area contributed by atoms with Crippen molar-refractivity contribution in [1.29, 1.82) is 0 Å². The normalized spacial score (nSPS) is 5.00. The average molecular weight is 528 g/mol. The van der Waals surface area contributed by atoms with Crippen LogP contribution in [0, 0.1) is 0 Å². The van der Waals surface area contributed by atoms with Crippen LogP contribution in [0.15, 0.2) is 13.2 Å². The second-order valence-electron chi connectivity index (χ2n) is 1.28. The Morgan fingerprint density at radius 3 is 0.550 bits per heavy atom. The van der Waals surface area contributed by atoms with Gasteiger partial charge in [-0.15, -0.1) is 13.2 Å². The van der Waals surface area contributed by atoms with E-state index in [2.05, 4.69) is 135 Å². The van der Waals surface area contributed by atoms with E-state index < -0.39 is 0 Å². The third kappa shape index (κ3) is 3240. The summed E-state index contributed by atoms with van der Waals surface area (Å²) in [5, 5.41) is 0. The molecular formula is C6H12N4S8Zn2. The van der Waals surface area contributed by atoms with Gasteiger partial charge in [0.15, 0.2) is 0 Å². The van der Waals surface area contributed by atoms with Crippen LogP contribution in [0.3, 0.4) is 0 Å². The molecule has 0 bridgehead atoms. The Labute approximate surface area is 189 Å². The van der Waals surface area contributed by atoms with E-state index in [1.54, 1.807) is 0 Å². The summed E-state index contributed by atoms with van der Waals surface area (Å²) in [5.74, 6) is 0. The molecule has 0 aliphatic carbocycles. The van der Waals surface area contributed by atoms with Crippen molar-refractivity contribution in [1.82, 2.24) is 0 Å². The van der Waals surface area contributed by atoms with E-state index in [9.17, 15) is 0 Å². The smallest absolute Gasteiger partial charge is 0.415 e. The fourth-order valence-corrected chi connectivity index (χ4v) is 0. The van der Waals surface area contributed by atoms with Crippen molar-refractivity contribution < 1.29 is 39.0 Å². The van der Waals surface area contributed by atoms with Gasteiger partial charge in [-0.1, -0.05) is 17.3 Å². The predicted octanol–water partition coefficient (Wildman–Crippen LogP) is -0.0952. The van der Waals surface area contributed by atoms with Gasteiger partial charge in [0, 0.05) is 0 Å². The monoisotopic (exact) mass is 524 g/mol. The molecule has 0 aromatic carbocycles. The maximum Gasteiger partial charge on any atom is 2.00 e. The van der Waals surface area contributed by atoms with Crippen LogP contribution in [0.2, 0.25) is 0 Å². The number of thiocarbonyl (C=S) groups is 4. The van der Waals surface area contributed by atoms with Crippen LogP contribution < -0.4 is 22.9 Å². The Kier molecular flexibility index (Phi) is 91.8. The molecule has 0 aromatic rings. The topological polar surface area (TPSA) is 104 Å². The Morgan fingerprint density at radius 1 is 0.550 bits per heavy atom. The van der Waals surface area contributed by atoms with Crippen molar-refractivity contribution in [3.8, 4) is 0 Å². The van der Waals surface area contributed by atoms with Gasteiger partial charge in [-0.3, -0.25) is 0 Å². The minimum absolute atomic E-state index is 0. The first-order chi connectivity index (χ1) is 7.93. The van der Waals surface area contributed by atoms with Gasteiger partial charge in [-0.2, -0.15) is 0 Å². The maximum atomic E-state index is 4.66. The minimum Gasteiger partial charge on any atom is -0.415 e. The molecule has 0 spiro atoms. The Balaban J connectivity index is -0.0000000209. The van der Waals surface area contributed by atoms with E-state index in [0.717, 1.165) is 0 Å². The van der Waals surface area contributed by atoms with E-state index in [0.29, 0.717) is 0 Å². The predicted molar refractivity (Wildman–Crippen MR) is 108 cm³/mol. The average Bonchev–Trinajstić information content (AvgIpc) is 2.01. The van der Waals surface area contributed by atoms with E-state index in [1.165, 1.54) is 0 Å². The van der Waals surface area contributed by atoms with Crippen LogP contribution in [0.5, 0.6) is 0 Å². The van der Waals surface area contributed by atoms with Gasteiger partial charge in [0.05, 0.1) is 0 Å². The third-order valence-electron chi connectivity index (χ3n) is 0. The molecule has 8 N–H and O–H groups in total. The molecule has 0 unspecified atom stereocenters. The maximum absolute atomic E-state index is 4.66. The Hall–Kier alpha value is 1.43. The first-order valence-corrected chi connectivity index (χ1v) is 6.55. The molecule has 0 saturated carbocycles. The Bertz CT molecular complexity index is 189. The molecule has 0 heterocycles. The van der Waals surface area contributed by atoms with Crippen LogP contribution in [0.25, 0.3) is 0 Å². The van der Waals surface area contributed by atoms with Crippen LogP contribution in [-0.2, 0) is 89.5 Å². The molecule has 4 nitrogen and oxygen atoms in total. The van der Waals surface area contributed by atoms with Gasteiger partial charge in [-0.05, 0) is 0 Å². The second-order valence-corrected chi connectivity index (χ2v) is 5.83. The quantitative estimate of drug-likeness (QED) is 0.147. The molecule has 20 heavy (non-hydrogen) atoms. The summed E-state index contributed by atoms with van der Waals surface area (Å²) < 4.78 is 0.333. The zero-order valence-electron chi connectivity index (χ0n) is 10.4. The largest absolute Gasteiger partial charge is 2.00 e. The van der Waals surface area contributed by atoms with Crippen molar-refractivity contribution >= 4 is 117 Å². The summed E-state index contributed by atoms with van der Waals surface area (Å²) in [6.45, 7) is 6.00. The second kappa shape index (κ2) is 42.8. The third-order valence-corrected chi connectivity index (χ3v) is 0. The van der Waals surface area contributed by atoms with Gasteiger partial charge in [0.1, 0.15) is 0 Å². The van der Waals surface area contributed by atoms with Crippen LogP contribution in [0.1, 0.15) is 0 Å². The van der Waals surface area contributed by atoms with Crippen LogP contribution in [-0.4, -0.2) is 17.3 Å². The van der Waals surface area contributed by atoms with Gasteiger partial charge in [-0.25, -0.2) is 0 Å². The molecule has 0 radical (unpaired) electrons. The Morgan fingerprint density at radius 2 is 0.550 bits per heavy atom. The number of hydrogen-bond acceptors (Lipinski definition) is 8. The first kappa shape index (κ1) is 43.0. The molecule has 0 saturated heterocycles. The minimum atomic E-state index is 0. The summed E-state index contributed by atoms with van der Waals surface area (Å²) in [7, 11) is 0. The van der Waals surface area contributed by atoms with Crippen LogP contribution >= 0.6 is 48.9 Å². The molecule has 14 heteroatoms. The zero-order valence-corrected chi connectivity index (χ0v) is 22.9. The van der Waals surface area contributed by atoms with Gasteiger partial charge >= 0.3 is 39.0 Å². The van der Waals surface area contributed by atoms with Crippen molar-refractivity contribution in [3.63, 3.8) is 0 Å². The SMILES string of the molecule is C=C.NC(=S)[S-].NC(=S)[S-].NC(=S)[S-].NC(=S)[S-].[Zn+2].[Zn+2]. The van der Waals surface area contributed by atoms with E-state index in [-0.39, 0.29) is 56.2 Å². The molecule has 0 fully saturated rings. The van der Waals surface area contributed by atoms with Gasteiger partial charge in [0.2, 0.25) is 0 Å². The van der Waals surface area contributed by atoms with Crippen LogP contribution in [0.4, 0.5) is 0 Å². The number of hydrogen-bond donors (Lipinski definition) is 4. The molecule has 0 aliphatic heterocycles. The standard InChI is InChI=1S/C2H4.4CH3NS2.2Zn/c1-2;4*2-1(3)4;;/h1-2H2;4*(H3,2,3,4);;/q;;;;;2*+2/p-4. The van der Waals surface area contributed by atoms with Crippen molar-refractivity contribution in [2.75, 3.05) is 0 Å². The molecular weight excluding hydrogens is 515 g/mol. The molecule has 0 amide bonds. The summed E-state index contributed by atoms with van der Waals surface area (Å²) in [6.07, 6.45) is 0. The summed E-state index contributed by atoms with van der Waals surface area (Å²) in [4.78, 5) is 0. The van der Waals surface area contributed by atoms with E-state index in [4.69, 9.17) is 0 Å². The molecule has 0 aromatic heterocycles. The van der Waals surface area contributed by atoms with Gasteiger partial charge in [0.25, 0.3) is 0 Å². The number of nitrogens with two attached hydrogens (primary N) is 4. The summed E-state index contributed by atoms with van der Waals surface area (Å²) in [5.41, 5.74) is 18.6. The van der Waals surface area contributed by atoms with Crippen molar-refractivity contribution in [2.24, 2.45) is 22.9 Å². The van der Waals surface area contributed by atoms with Crippen molar-refractivity contribution in [3.05, 3.63) is 13.2 Å². The molecule has 0 aliphatic rings. The van der Waals surface area contributed by atoms with Crippen molar-refractivity contribution in [2.45, 2.75) is 0 Å². The fraction of sp³-hybridized carbons (Fsp3) is 0. The molecule has 0 rings (SSSR count). The van der Waals surface area contributed by atoms with E-state index in [1.807, 2.05) is 0 Å². The summed E-state index contributed by atoms with van der Waals surface area (Å²) >= 11 is 33.0. The number of rotatable bonds is 0. The molecule has 108 valence electrons. The summed E-state index contributed by atoms with van der Waals surface area (Å²) in [6, 6.07) is 0. The van der Waals surface area contributed by atoms with E-state index >= 15 is 0 Å².